The second kappa shape index (κ2) is 6.55. The molecule has 17 heavy (non-hydrogen) atoms. The molecule has 1 atom stereocenters. The summed E-state index contributed by atoms with van der Waals surface area (Å²) in [5.74, 6) is 0.676. The van der Waals surface area contributed by atoms with Crippen LogP contribution in [0.25, 0.3) is 0 Å². The number of benzene rings is 1. The monoisotopic (exact) mass is 233 g/mol. The predicted molar refractivity (Wildman–Crippen MR) is 69.5 cm³/mol. The van der Waals surface area contributed by atoms with Gasteiger partial charge in [-0.1, -0.05) is 30.4 Å². The van der Waals surface area contributed by atoms with E-state index >= 15 is 0 Å². The molecule has 0 aromatic heterocycles. The molecule has 0 heterocycles. The molecule has 1 aromatic rings. The van der Waals surface area contributed by atoms with E-state index in [1.54, 1.807) is 6.07 Å². The summed E-state index contributed by atoms with van der Waals surface area (Å²) in [6, 6.07) is 7.02. The quantitative estimate of drug-likeness (QED) is 0.607. The van der Waals surface area contributed by atoms with Gasteiger partial charge in [0.1, 0.15) is 5.82 Å². The molecular formula is C15H20FN. The zero-order valence-corrected chi connectivity index (χ0v) is 10.2. The summed E-state index contributed by atoms with van der Waals surface area (Å²) in [6.45, 7) is 1.92. The van der Waals surface area contributed by atoms with Gasteiger partial charge in [0, 0.05) is 0 Å². The van der Waals surface area contributed by atoms with E-state index in [-0.39, 0.29) is 5.82 Å². The number of hydrogen-bond acceptors (Lipinski definition) is 1. The lowest BCUT2D eigenvalue weighted by Crippen LogP contribution is -2.25. The van der Waals surface area contributed by atoms with E-state index in [0.29, 0.717) is 0 Å². The Labute approximate surface area is 103 Å². The van der Waals surface area contributed by atoms with Gasteiger partial charge in [0.2, 0.25) is 0 Å². The predicted octanol–water partition coefficient (Wildman–Crippen LogP) is 3.31. The first-order valence-electron chi connectivity index (χ1n) is 6.45. The van der Waals surface area contributed by atoms with E-state index in [1.165, 1.54) is 25.3 Å². The highest BCUT2D eigenvalue weighted by Gasteiger charge is 2.08. The van der Waals surface area contributed by atoms with Gasteiger partial charge in [-0.25, -0.2) is 4.39 Å². The molecule has 0 fully saturated rings. The zero-order valence-electron chi connectivity index (χ0n) is 10.2. The van der Waals surface area contributed by atoms with Crippen LogP contribution < -0.4 is 5.32 Å². The molecule has 0 bridgehead atoms. The first-order valence-corrected chi connectivity index (χ1v) is 6.45. The molecule has 1 N–H and O–H groups in total. The number of hydrogen-bond donors (Lipinski definition) is 1. The van der Waals surface area contributed by atoms with E-state index in [9.17, 15) is 4.39 Å². The van der Waals surface area contributed by atoms with Gasteiger partial charge in [-0.05, 0) is 56.3 Å². The van der Waals surface area contributed by atoms with Crippen molar-refractivity contribution in [3.05, 3.63) is 47.8 Å². The summed E-state index contributed by atoms with van der Waals surface area (Å²) in [6.07, 6.45) is 8.98. The van der Waals surface area contributed by atoms with Gasteiger partial charge in [0.05, 0.1) is 0 Å². The maximum atomic E-state index is 13.3. The second-order valence-electron chi connectivity index (χ2n) is 4.70. The molecule has 0 spiro atoms. The average Bonchev–Trinajstić information content (AvgIpc) is 2.38. The van der Waals surface area contributed by atoms with E-state index in [1.807, 2.05) is 12.1 Å². The van der Waals surface area contributed by atoms with Crippen molar-refractivity contribution in [3.63, 3.8) is 0 Å². The largest absolute Gasteiger partial charge is 0.316 e. The Bertz CT molecular complexity index is 373. The summed E-state index contributed by atoms with van der Waals surface area (Å²) in [5.41, 5.74) is 0.809. The van der Waals surface area contributed by atoms with Crippen molar-refractivity contribution in [2.45, 2.75) is 25.7 Å². The van der Waals surface area contributed by atoms with Gasteiger partial charge in [-0.3, -0.25) is 0 Å². The van der Waals surface area contributed by atoms with Crippen LogP contribution in [-0.2, 0) is 6.42 Å². The molecule has 1 aliphatic carbocycles. The lowest BCUT2D eigenvalue weighted by Gasteiger charge is -2.18. The molecule has 0 radical (unpaired) electrons. The molecule has 0 saturated carbocycles. The van der Waals surface area contributed by atoms with Crippen molar-refractivity contribution in [1.82, 2.24) is 5.32 Å². The molecule has 2 rings (SSSR count). The van der Waals surface area contributed by atoms with Gasteiger partial charge in [0.15, 0.2) is 0 Å². The first kappa shape index (κ1) is 12.3. The van der Waals surface area contributed by atoms with Crippen LogP contribution in [0.4, 0.5) is 4.39 Å². The average molecular weight is 233 g/mol. The van der Waals surface area contributed by atoms with Gasteiger partial charge in [-0.15, -0.1) is 0 Å². The third kappa shape index (κ3) is 3.97. The molecule has 0 saturated heterocycles. The fourth-order valence-corrected chi connectivity index (χ4v) is 2.27. The Morgan fingerprint density at radius 3 is 2.88 bits per heavy atom. The smallest absolute Gasteiger partial charge is 0.126 e. The van der Waals surface area contributed by atoms with E-state index in [4.69, 9.17) is 0 Å². The van der Waals surface area contributed by atoms with Crippen LogP contribution in [0, 0.1) is 11.7 Å². The Hall–Kier alpha value is -1.15. The molecule has 1 nitrogen and oxygen atoms in total. The van der Waals surface area contributed by atoms with Crippen LogP contribution >= 0.6 is 0 Å². The van der Waals surface area contributed by atoms with Gasteiger partial charge < -0.3 is 5.32 Å². The SMILES string of the molecule is Fc1ccccc1CCNCC1CC=CCC1. The molecule has 1 aromatic carbocycles. The lowest BCUT2D eigenvalue weighted by atomic mass is 9.94. The van der Waals surface area contributed by atoms with Gasteiger partial charge >= 0.3 is 0 Å². The topological polar surface area (TPSA) is 12.0 Å². The van der Waals surface area contributed by atoms with Crippen molar-refractivity contribution >= 4 is 0 Å². The van der Waals surface area contributed by atoms with Gasteiger partial charge in [-0.2, -0.15) is 0 Å². The Morgan fingerprint density at radius 1 is 1.24 bits per heavy atom. The molecular weight excluding hydrogens is 213 g/mol. The van der Waals surface area contributed by atoms with E-state index in [2.05, 4.69) is 17.5 Å². The second-order valence-corrected chi connectivity index (χ2v) is 4.70. The minimum absolute atomic E-state index is 0.0881. The first-order chi connectivity index (χ1) is 8.36. The summed E-state index contributed by atoms with van der Waals surface area (Å²) in [7, 11) is 0. The highest BCUT2D eigenvalue weighted by Crippen LogP contribution is 2.16. The molecule has 2 heteroatoms. The standard InChI is InChI=1S/C15H20FN/c16-15-9-5-4-8-14(15)10-11-17-12-13-6-2-1-3-7-13/h1-2,4-5,8-9,13,17H,3,6-7,10-12H2. The van der Waals surface area contributed by atoms with Crippen molar-refractivity contribution < 1.29 is 4.39 Å². The molecule has 1 unspecified atom stereocenters. The Kier molecular flexibility index (Phi) is 4.75. The third-order valence-electron chi connectivity index (χ3n) is 3.34. The molecule has 0 aliphatic heterocycles. The third-order valence-corrected chi connectivity index (χ3v) is 3.34. The van der Waals surface area contributed by atoms with Gasteiger partial charge in [0.25, 0.3) is 0 Å². The number of halogens is 1. The number of nitrogens with one attached hydrogen (secondary N) is 1. The van der Waals surface area contributed by atoms with Crippen molar-refractivity contribution in [3.8, 4) is 0 Å². The summed E-state index contributed by atoms with van der Waals surface area (Å²) in [5, 5.41) is 3.43. The maximum Gasteiger partial charge on any atom is 0.126 e. The van der Waals surface area contributed by atoms with Crippen LogP contribution in [0.3, 0.4) is 0 Å². The summed E-state index contributed by atoms with van der Waals surface area (Å²) < 4.78 is 13.3. The normalized spacial score (nSPS) is 19.5. The fourth-order valence-electron chi connectivity index (χ4n) is 2.27. The Balaban J connectivity index is 1.66. The lowest BCUT2D eigenvalue weighted by molar-refractivity contribution is 0.441. The minimum Gasteiger partial charge on any atom is -0.316 e. The van der Waals surface area contributed by atoms with Crippen molar-refractivity contribution in [2.75, 3.05) is 13.1 Å². The fraction of sp³-hybridized carbons (Fsp3) is 0.467. The zero-order chi connectivity index (χ0) is 11.9. The number of rotatable bonds is 5. The highest BCUT2D eigenvalue weighted by molar-refractivity contribution is 5.17. The molecule has 92 valence electrons. The van der Waals surface area contributed by atoms with Crippen LogP contribution in [0.15, 0.2) is 36.4 Å². The van der Waals surface area contributed by atoms with Crippen LogP contribution in [0.2, 0.25) is 0 Å². The number of allylic oxidation sites excluding steroid dienone is 2. The maximum absolute atomic E-state index is 13.3. The Morgan fingerprint density at radius 2 is 2.12 bits per heavy atom. The van der Waals surface area contributed by atoms with E-state index < -0.39 is 0 Å². The van der Waals surface area contributed by atoms with Crippen LogP contribution in [0.1, 0.15) is 24.8 Å². The minimum atomic E-state index is -0.0881. The van der Waals surface area contributed by atoms with Crippen molar-refractivity contribution in [1.29, 1.82) is 0 Å². The highest BCUT2D eigenvalue weighted by atomic mass is 19.1. The van der Waals surface area contributed by atoms with E-state index in [0.717, 1.165) is 31.0 Å². The van der Waals surface area contributed by atoms with Crippen molar-refractivity contribution in [2.24, 2.45) is 5.92 Å². The molecule has 1 aliphatic rings. The van der Waals surface area contributed by atoms with Crippen LogP contribution in [0.5, 0.6) is 0 Å². The summed E-state index contributed by atoms with van der Waals surface area (Å²) in [4.78, 5) is 0. The van der Waals surface area contributed by atoms with Crippen LogP contribution in [-0.4, -0.2) is 13.1 Å². The summed E-state index contributed by atoms with van der Waals surface area (Å²) >= 11 is 0. The molecule has 0 amide bonds.